The Labute approximate surface area is 211 Å². The fraction of sp³-hybridized carbons (Fsp3) is 0.538. The van der Waals surface area contributed by atoms with Crippen molar-refractivity contribution in [1.29, 1.82) is 0 Å². The highest BCUT2D eigenvalue weighted by atomic mass is 16.5. The molecule has 2 aliphatic rings. The second-order valence-electron chi connectivity index (χ2n) is 10.7. The summed E-state index contributed by atoms with van der Waals surface area (Å²) >= 11 is 0. The van der Waals surface area contributed by atoms with Crippen LogP contribution < -0.4 is 10.2 Å². The number of nitrogens with zero attached hydrogens (tertiary/aromatic N) is 6. The third kappa shape index (κ3) is 4.57. The van der Waals surface area contributed by atoms with Gasteiger partial charge >= 0.3 is 6.09 Å². The minimum atomic E-state index is -0.873. The summed E-state index contributed by atoms with van der Waals surface area (Å²) in [5, 5.41) is 18.1. The number of morpholine rings is 1. The number of hydrogen-bond donors (Lipinski definition) is 2. The van der Waals surface area contributed by atoms with E-state index in [9.17, 15) is 9.90 Å². The van der Waals surface area contributed by atoms with E-state index in [4.69, 9.17) is 14.7 Å². The van der Waals surface area contributed by atoms with E-state index in [2.05, 4.69) is 36.1 Å². The summed E-state index contributed by atoms with van der Waals surface area (Å²) in [4.78, 5) is 26.0. The number of piperidine rings is 1. The molecule has 2 fully saturated rings. The number of carbonyl (C=O) groups is 1. The highest BCUT2D eigenvalue weighted by Crippen LogP contribution is 2.36. The van der Waals surface area contributed by atoms with Crippen LogP contribution in [0.2, 0.25) is 0 Å². The molecule has 0 aliphatic carbocycles. The average Bonchev–Trinajstić information content (AvgIpc) is 3.29. The lowest BCUT2D eigenvalue weighted by atomic mass is 9.77. The van der Waals surface area contributed by atoms with Crippen LogP contribution in [0.1, 0.15) is 39.2 Å². The monoisotopic (exact) mass is 493 g/mol. The summed E-state index contributed by atoms with van der Waals surface area (Å²) in [6.45, 7) is 11.7. The SMILES string of the molecule is Cc1c(N[C@@H]2CCCN(C(=O)O)C2C(C)(C)C)nc(-c2cnn3ccccc23)nc1N1CCOCC1. The highest BCUT2D eigenvalue weighted by molar-refractivity contribution is 5.78. The fourth-order valence-corrected chi connectivity index (χ4v) is 5.56. The molecule has 1 amide bonds. The molecule has 10 nitrogen and oxygen atoms in total. The van der Waals surface area contributed by atoms with Gasteiger partial charge < -0.3 is 25.0 Å². The molecule has 1 unspecified atom stereocenters. The topological polar surface area (TPSA) is 108 Å². The molecule has 3 aromatic rings. The molecule has 0 spiro atoms. The Hall–Kier alpha value is -3.40. The van der Waals surface area contributed by atoms with Gasteiger partial charge in [0.1, 0.15) is 11.6 Å². The molecular weight excluding hydrogens is 458 g/mol. The number of ether oxygens (including phenoxy) is 1. The quantitative estimate of drug-likeness (QED) is 0.563. The van der Waals surface area contributed by atoms with Crippen LogP contribution in [0.5, 0.6) is 0 Å². The molecule has 2 N–H and O–H groups in total. The van der Waals surface area contributed by atoms with Crippen LogP contribution in [0.25, 0.3) is 16.9 Å². The zero-order chi connectivity index (χ0) is 25.4. The number of fused-ring (bicyclic) bond motifs is 1. The van der Waals surface area contributed by atoms with E-state index in [1.165, 1.54) is 0 Å². The largest absolute Gasteiger partial charge is 0.465 e. The number of hydrogen-bond acceptors (Lipinski definition) is 7. The standard InChI is InChI=1S/C26H35N7O3/c1-17-22(28-19-8-7-10-32(25(34)35)21(19)26(2,3)4)29-23(30-24(17)31-12-14-36-15-13-31)18-16-27-33-11-6-5-9-20(18)33/h5-6,9,11,16,19,21H,7-8,10,12-15H2,1-4H3,(H,34,35)(H,28,29,30)/t19-,21?/m1/s1. The van der Waals surface area contributed by atoms with Gasteiger partial charge in [0.25, 0.3) is 0 Å². The van der Waals surface area contributed by atoms with Crippen LogP contribution in [0.4, 0.5) is 16.4 Å². The highest BCUT2D eigenvalue weighted by Gasteiger charge is 2.42. The van der Waals surface area contributed by atoms with Crippen molar-refractivity contribution in [3.05, 3.63) is 36.2 Å². The van der Waals surface area contributed by atoms with Gasteiger partial charge in [0.15, 0.2) is 5.82 Å². The molecule has 2 aliphatic heterocycles. The first-order valence-electron chi connectivity index (χ1n) is 12.6. The predicted octanol–water partition coefficient (Wildman–Crippen LogP) is 3.91. The summed E-state index contributed by atoms with van der Waals surface area (Å²) in [7, 11) is 0. The van der Waals surface area contributed by atoms with E-state index in [0.29, 0.717) is 25.6 Å². The summed E-state index contributed by atoms with van der Waals surface area (Å²) in [5.41, 5.74) is 2.51. The maximum atomic E-state index is 12.1. The van der Waals surface area contributed by atoms with Crippen molar-refractivity contribution in [1.82, 2.24) is 24.5 Å². The molecule has 5 rings (SSSR count). The lowest BCUT2D eigenvalue weighted by Gasteiger charge is -2.47. The van der Waals surface area contributed by atoms with Gasteiger partial charge in [0, 0.05) is 37.4 Å². The van der Waals surface area contributed by atoms with E-state index in [0.717, 1.165) is 54.2 Å². The number of carboxylic acid groups (broad SMARTS) is 1. The van der Waals surface area contributed by atoms with Crippen molar-refractivity contribution in [2.24, 2.45) is 5.41 Å². The van der Waals surface area contributed by atoms with Gasteiger partial charge in [-0.3, -0.25) is 0 Å². The summed E-state index contributed by atoms with van der Waals surface area (Å²) in [5.74, 6) is 2.21. The molecule has 5 heterocycles. The Morgan fingerprint density at radius 2 is 1.94 bits per heavy atom. The second-order valence-corrected chi connectivity index (χ2v) is 10.7. The fourth-order valence-electron chi connectivity index (χ4n) is 5.56. The molecule has 36 heavy (non-hydrogen) atoms. The van der Waals surface area contributed by atoms with Crippen LogP contribution in [0.3, 0.4) is 0 Å². The van der Waals surface area contributed by atoms with Gasteiger partial charge in [-0.15, -0.1) is 0 Å². The first kappa shape index (κ1) is 24.3. The number of pyridine rings is 1. The summed E-state index contributed by atoms with van der Waals surface area (Å²) in [6.07, 6.45) is 4.51. The van der Waals surface area contributed by atoms with E-state index in [1.807, 2.05) is 35.8 Å². The lowest BCUT2D eigenvalue weighted by molar-refractivity contribution is 0.0518. The molecule has 2 atom stereocenters. The molecule has 0 saturated carbocycles. The Morgan fingerprint density at radius 1 is 1.17 bits per heavy atom. The van der Waals surface area contributed by atoms with Crippen molar-refractivity contribution in [2.45, 2.75) is 52.6 Å². The van der Waals surface area contributed by atoms with Crippen molar-refractivity contribution >= 4 is 23.2 Å². The first-order chi connectivity index (χ1) is 17.2. The van der Waals surface area contributed by atoms with Crippen molar-refractivity contribution in [2.75, 3.05) is 43.1 Å². The number of likely N-dealkylation sites (tertiary alicyclic amines) is 1. The third-order valence-corrected chi connectivity index (χ3v) is 7.18. The predicted molar refractivity (Wildman–Crippen MR) is 139 cm³/mol. The van der Waals surface area contributed by atoms with Crippen molar-refractivity contribution in [3.63, 3.8) is 0 Å². The molecule has 3 aromatic heterocycles. The van der Waals surface area contributed by atoms with Gasteiger partial charge in [-0.1, -0.05) is 26.8 Å². The number of anilines is 2. The van der Waals surface area contributed by atoms with Crippen molar-refractivity contribution in [3.8, 4) is 11.4 Å². The van der Waals surface area contributed by atoms with E-state index in [-0.39, 0.29) is 17.5 Å². The van der Waals surface area contributed by atoms with E-state index in [1.54, 1.807) is 11.1 Å². The zero-order valence-electron chi connectivity index (χ0n) is 21.4. The number of aromatic nitrogens is 4. The number of amides is 1. The van der Waals surface area contributed by atoms with Crippen LogP contribution in [0, 0.1) is 12.3 Å². The minimum absolute atomic E-state index is 0.0715. The van der Waals surface area contributed by atoms with Gasteiger partial charge in [-0.25, -0.2) is 19.3 Å². The maximum Gasteiger partial charge on any atom is 0.407 e. The van der Waals surface area contributed by atoms with Gasteiger partial charge in [0.2, 0.25) is 0 Å². The molecule has 192 valence electrons. The maximum absolute atomic E-state index is 12.1. The van der Waals surface area contributed by atoms with Gasteiger partial charge in [0.05, 0.1) is 36.5 Å². The zero-order valence-corrected chi connectivity index (χ0v) is 21.4. The van der Waals surface area contributed by atoms with E-state index >= 15 is 0 Å². The van der Waals surface area contributed by atoms with Crippen LogP contribution >= 0.6 is 0 Å². The number of rotatable bonds is 4. The second kappa shape index (κ2) is 9.57. The molecule has 10 heteroatoms. The van der Waals surface area contributed by atoms with Gasteiger partial charge in [-0.05, 0) is 37.3 Å². The lowest BCUT2D eigenvalue weighted by Crippen LogP contribution is -2.58. The Balaban J connectivity index is 1.59. The Bertz CT molecular complexity index is 1250. The van der Waals surface area contributed by atoms with E-state index < -0.39 is 6.09 Å². The normalized spacial score (nSPS) is 21.1. The molecule has 2 saturated heterocycles. The van der Waals surface area contributed by atoms with Crippen molar-refractivity contribution < 1.29 is 14.6 Å². The summed E-state index contributed by atoms with van der Waals surface area (Å²) < 4.78 is 7.40. The van der Waals surface area contributed by atoms with Crippen LogP contribution in [-0.2, 0) is 4.74 Å². The molecular formula is C26H35N7O3. The molecule has 0 radical (unpaired) electrons. The first-order valence-corrected chi connectivity index (χ1v) is 12.6. The van der Waals surface area contributed by atoms with Crippen LogP contribution in [-0.4, -0.2) is 80.6 Å². The Kier molecular flexibility index (Phi) is 6.46. The average molecular weight is 494 g/mol. The Morgan fingerprint density at radius 3 is 2.67 bits per heavy atom. The van der Waals surface area contributed by atoms with Crippen LogP contribution in [0.15, 0.2) is 30.6 Å². The van der Waals surface area contributed by atoms with Gasteiger partial charge in [-0.2, -0.15) is 5.10 Å². The summed E-state index contributed by atoms with van der Waals surface area (Å²) in [6, 6.07) is 5.67. The smallest absolute Gasteiger partial charge is 0.407 e. The third-order valence-electron chi connectivity index (χ3n) is 7.18. The molecule has 0 bridgehead atoms. The molecule has 0 aromatic carbocycles. The number of nitrogens with one attached hydrogen (secondary N) is 1. The minimum Gasteiger partial charge on any atom is -0.465 e.